The summed E-state index contributed by atoms with van der Waals surface area (Å²) in [5, 5.41) is 13.9. The molecule has 1 aromatic heterocycles. The molecular formula is C18H22N2O3S. The van der Waals surface area contributed by atoms with E-state index in [0.717, 1.165) is 10.6 Å². The Labute approximate surface area is 145 Å². The largest absolute Gasteiger partial charge is 0.476 e. The summed E-state index contributed by atoms with van der Waals surface area (Å²) in [7, 11) is 0. The van der Waals surface area contributed by atoms with Crippen molar-refractivity contribution in [2.45, 2.75) is 39.0 Å². The van der Waals surface area contributed by atoms with Gasteiger partial charge < -0.3 is 10.4 Å². The predicted octanol–water partition coefficient (Wildman–Crippen LogP) is 3.26. The number of carbonyl (C=O) groups excluding carboxylic acids is 1. The second-order valence-corrected chi connectivity index (χ2v) is 6.87. The van der Waals surface area contributed by atoms with Gasteiger partial charge in [-0.3, -0.25) is 4.79 Å². The highest BCUT2D eigenvalue weighted by atomic mass is 32.1. The minimum Gasteiger partial charge on any atom is -0.476 e. The maximum absolute atomic E-state index is 11.9. The van der Waals surface area contributed by atoms with Crippen LogP contribution < -0.4 is 5.32 Å². The average Bonchev–Trinajstić information content (AvgIpc) is 3.02. The summed E-state index contributed by atoms with van der Waals surface area (Å²) in [5.74, 6) is -0.516. The number of hydrogen-bond donors (Lipinski definition) is 2. The van der Waals surface area contributed by atoms with Crippen LogP contribution in [0.1, 0.15) is 52.8 Å². The lowest BCUT2D eigenvalue weighted by Gasteiger charge is -2.07. The van der Waals surface area contributed by atoms with Crippen molar-refractivity contribution in [2.75, 3.05) is 6.54 Å². The minimum absolute atomic E-state index is 0.00190. The van der Waals surface area contributed by atoms with Gasteiger partial charge in [0, 0.05) is 24.8 Å². The van der Waals surface area contributed by atoms with Crippen LogP contribution in [0.25, 0.3) is 0 Å². The molecule has 24 heavy (non-hydrogen) atoms. The van der Waals surface area contributed by atoms with Crippen LogP contribution in [-0.4, -0.2) is 28.5 Å². The van der Waals surface area contributed by atoms with Crippen molar-refractivity contribution in [3.63, 3.8) is 0 Å². The normalized spacial score (nSPS) is 10.8. The van der Waals surface area contributed by atoms with Gasteiger partial charge in [0.1, 0.15) is 0 Å². The molecule has 1 amide bonds. The Morgan fingerprint density at radius 2 is 1.92 bits per heavy atom. The van der Waals surface area contributed by atoms with Gasteiger partial charge >= 0.3 is 5.97 Å². The Kier molecular flexibility index (Phi) is 6.49. The SMILES string of the molecule is CC(C)c1ccc(CCC(=O)NCCc2nc(C(=O)O)cs2)cc1. The Balaban J connectivity index is 1.70. The molecule has 0 unspecified atom stereocenters. The van der Waals surface area contributed by atoms with Gasteiger partial charge in [-0.2, -0.15) is 0 Å². The van der Waals surface area contributed by atoms with Crippen molar-refractivity contribution in [3.05, 3.63) is 51.5 Å². The zero-order valence-electron chi connectivity index (χ0n) is 13.9. The van der Waals surface area contributed by atoms with Gasteiger partial charge in [0.05, 0.1) is 5.01 Å². The van der Waals surface area contributed by atoms with E-state index in [0.29, 0.717) is 31.7 Å². The Morgan fingerprint density at radius 1 is 1.21 bits per heavy atom. The first-order valence-corrected chi connectivity index (χ1v) is 8.87. The van der Waals surface area contributed by atoms with Gasteiger partial charge in [0.2, 0.25) is 5.91 Å². The molecule has 0 aliphatic carbocycles. The van der Waals surface area contributed by atoms with E-state index in [2.05, 4.69) is 48.4 Å². The van der Waals surface area contributed by atoms with Crippen LogP contribution in [0.2, 0.25) is 0 Å². The van der Waals surface area contributed by atoms with E-state index >= 15 is 0 Å². The summed E-state index contributed by atoms with van der Waals surface area (Å²) in [6.45, 7) is 4.78. The second kappa shape index (κ2) is 8.59. The molecule has 0 spiro atoms. The fourth-order valence-electron chi connectivity index (χ4n) is 2.25. The monoisotopic (exact) mass is 346 g/mol. The second-order valence-electron chi connectivity index (χ2n) is 5.93. The molecular weight excluding hydrogens is 324 g/mol. The highest BCUT2D eigenvalue weighted by Gasteiger charge is 2.09. The number of carboxylic acid groups (broad SMARTS) is 1. The van der Waals surface area contributed by atoms with Crippen molar-refractivity contribution in [1.82, 2.24) is 10.3 Å². The van der Waals surface area contributed by atoms with E-state index < -0.39 is 5.97 Å². The molecule has 0 aliphatic heterocycles. The van der Waals surface area contributed by atoms with Crippen molar-refractivity contribution < 1.29 is 14.7 Å². The molecule has 5 nitrogen and oxygen atoms in total. The molecule has 6 heteroatoms. The molecule has 0 aliphatic rings. The molecule has 128 valence electrons. The standard InChI is InChI=1S/C18H22N2O3S/c1-12(2)14-6-3-13(4-7-14)5-8-16(21)19-10-9-17-20-15(11-24-17)18(22)23/h3-4,6-7,11-12H,5,8-10H2,1-2H3,(H,19,21)(H,22,23). The van der Waals surface area contributed by atoms with Crippen LogP contribution in [-0.2, 0) is 17.6 Å². The predicted molar refractivity (Wildman–Crippen MR) is 94.6 cm³/mol. The summed E-state index contributed by atoms with van der Waals surface area (Å²) in [6.07, 6.45) is 1.71. The molecule has 0 saturated carbocycles. The Bertz CT molecular complexity index is 693. The van der Waals surface area contributed by atoms with Crippen LogP contribution in [0.3, 0.4) is 0 Å². The van der Waals surface area contributed by atoms with Gasteiger partial charge in [-0.1, -0.05) is 38.1 Å². The van der Waals surface area contributed by atoms with Gasteiger partial charge in [-0.15, -0.1) is 11.3 Å². The van der Waals surface area contributed by atoms with Crippen LogP contribution in [0.15, 0.2) is 29.6 Å². The number of carbonyl (C=O) groups is 2. The first kappa shape index (κ1) is 18.1. The highest BCUT2D eigenvalue weighted by Crippen LogP contribution is 2.15. The number of rotatable bonds is 8. The third-order valence-electron chi connectivity index (χ3n) is 3.72. The van der Waals surface area contributed by atoms with Crippen molar-refractivity contribution in [2.24, 2.45) is 0 Å². The molecule has 0 bridgehead atoms. The Morgan fingerprint density at radius 3 is 2.50 bits per heavy atom. The number of thiazole rings is 1. The van der Waals surface area contributed by atoms with E-state index in [4.69, 9.17) is 5.11 Å². The van der Waals surface area contributed by atoms with E-state index in [9.17, 15) is 9.59 Å². The van der Waals surface area contributed by atoms with E-state index in [-0.39, 0.29) is 11.6 Å². The van der Waals surface area contributed by atoms with Crippen molar-refractivity contribution >= 4 is 23.2 Å². The van der Waals surface area contributed by atoms with Gasteiger partial charge in [-0.25, -0.2) is 9.78 Å². The van der Waals surface area contributed by atoms with Crippen LogP contribution >= 0.6 is 11.3 Å². The lowest BCUT2D eigenvalue weighted by atomic mass is 10.0. The quantitative estimate of drug-likeness (QED) is 0.769. The highest BCUT2D eigenvalue weighted by molar-refractivity contribution is 7.09. The molecule has 2 aromatic rings. The number of hydrogen-bond acceptors (Lipinski definition) is 4. The zero-order chi connectivity index (χ0) is 17.5. The summed E-state index contributed by atoms with van der Waals surface area (Å²) in [4.78, 5) is 26.6. The number of aryl methyl sites for hydroxylation is 1. The summed E-state index contributed by atoms with van der Waals surface area (Å²) >= 11 is 1.30. The molecule has 0 fully saturated rings. The van der Waals surface area contributed by atoms with Crippen LogP contribution in [0, 0.1) is 0 Å². The number of nitrogens with zero attached hydrogens (tertiary/aromatic N) is 1. The van der Waals surface area contributed by atoms with Crippen LogP contribution in [0.5, 0.6) is 0 Å². The molecule has 0 radical (unpaired) electrons. The maximum atomic E-state index is 11.9. The minimum atomic E-state index is -1.02. The lowest BCUT2D eigenvalue weighted by Crippen LogP contribution is -2.25. The summed E-state index contributed by atoms with van der Waals surface area (Å²) in [6, 6.07) is 8.37. The van der Waals surface area contributed by atoms with E-state index in [1.54, 1.807) is 0 Å². The third-order valence-corrected chi connectivity index (χ3v) is 4.63. The lowest BCUT2D eigenvalue weighted by molar-refractivity contribution is -0.121. The molecule has 2 N–H and O–H groups in total. The topological polar surface area (TPSA) is 79.3 Å². The third kappa shape index (κ3) is 5.45. The number of aromatic carboxylic acids is 1. The fraction of sp³-hybridized carbons (Fsp3) is 0.389. The van der Waals surface area contributed by atoms with Crippen molar-refractivity contribution in [1.29, 1.82) is 0 Å². The van der Waals surface area contributed by atoms with Crippen molar-refractivity contribution in [3.8, 4) is 0 Å². The summed E-state index contributed by atoms with van der Waals surface area (Å²) in [5.41, 5.74) is 2.51. The molecule has 1 heterocycles. The smallest absolute Gasteiger partial charge is 0.355 e. The number of aromatic nitrogens is 1. The van der Waals surface area contributed by atoms with Gasteiger partial charge in [0.15, 0.2) is 5.69 Å². The fourth-order valence-corrected chi connectivity index (χ4v) is 3.02. The van der Waals surface area contributed by atoms with E-state index in [1.165, 1.54) is 22.3 Å². The molecule has 1 aromatic carbocycles. The number of nitrogens with one attached hydrogen (secondary N) is 1. The molecule has 0 atom stereocenters. The van der Waals surface area contributed by atoms with E-state index in [1.807, 2.05) is 0 Å². The number of benzene rings is 1. The van der Waals surface area contributed by atoms with Crippen LogP contribution in [0.4, 0.5) is 0 Å². The molecule has 0 saturated heterocycles. The first-order valence-electron chi connectivity index (χ1n) is 7.99. The maximum Gasteiger partial charge on any atom is 0.355 e. The van der Waals surface area contributed by atoms with Gasteiger partial charge in [-0.05, 0) is 23.5 Å². The summed E-state index contributed by atoms with van der Waals surface area (Å²) < 4.78 is 0. The number of amides is 1. The molecule has 2 rings (SSSR count). The number of carboxylic acids is 1. The first-order chi connectivity index (χ1) is 11.5. The zero-order valence-corrected chi connectivity index (χ0v) is 14.7. The van der Waals surface area contributed by atoms with Gasteiger partial charge in [0.25, 0.3) is 0 Å². The Hall–Kier alpha value is -2.21. The average molecular weight is 346 g/mol.